The maximum Gasteiger partial charge on any atom is 0.332 e. The first-order chi connectivity index (χ1) is 4.34. The van der Waals surface area contributed by atoms with Crippen LogP contribution in [0.4, 0.5) is 0 Å². The maximum absolute atomic E-state index is 5.64. The van der Waals surface area contributed by atoms with Crippen LogP contribution in [0.5, 0.6) is 0 Å². The summed E-state index contributed by atoms with van der Waals surface area (Å²) in [6, 6.07) is 0. The highest BCUT2D eigenvalue weighted by atomic mass is 28.7. The van der Waals surface area contributed by atoms with E-state index in [9.17, 15) is 0 Å². The van der Waals surface area contributed by atoms with Crippen molar-refractivity contribution in [2.75, 3.05) is 5.47 Å². The third-order valence-corrected chi connectivity index (χ3v) is 44.3. The smallest absolute Gasteiger partial charge is 0.332 e. The SMILES string of the molecule is C[CH2][Al]1[CH2][O][AlH][AlH][Al]1[CH3]. The molecule has 1 aliphatic heterocycles. The molecule has 1 fully saturated rings. The first-order valence-corrected chi connectivity index (χ1v) is 17.2. The Bertz CT molecular complexity index is 88.6. The highest BCUT2D eigenvalue weighted by Gasteiger charge is 2.31. The summed E-state index contributed by atoms with van der Waals surface area (Å²) < 4.78 is 5.64. The minimum absolute atomic E-state index is 0.00502. The van der Waals surface area contributed by atoms with Gasteiger partial charge < -0.3 is 3.79 Å². The van der Waals surface area contributed by atoms with E-state index >= 15 is 0 Å². The van der Waals surface area contributed by atoms with Crippen LogP contribution in [-0.4, -0.2) is 53.1 Å². The van der Waals surface area contributed by atoms with E-state index < -0.39 is 0 Å². The molecule has 0 amide bonds. The van der Waals surface area contributed by atoms with Crippen LogP contribution in [0.15, 0.2) is 0 Å². The summed E-state index contributed by atoms with van der Waals surface area (Å²) in [4.78, 5) is 0. The molecule has 0 aliphatic carbocycles. The van der Waals surface area contributed by atoms with Gasteiger partial charge in [-0.1, -0.05) is 12.4 Å². The Balaban J connectivity index is 2.30. The van der Waals surface area contributed by atoms with Crippen molar-refractivity contribution in [3.05, 3.63) is 0 Å². The molecule has 0 atom stereocenters. The molecule has 0 aromatic rings. The topological polar surface area (TPSA) is 9.23 Å². The highest BCUT2D eigenvalue weighted by Crippen LogP contribution is 2.00. The van der Waals surface area contributed by atoms with E-state index in [-0.39, 0.29) is 36.2 Å². The Kier molecular flexibility index (Phi) is 4.96. The fourth-order valence-electron chi connectivity index (χ4n) is 1.42. The van der Waals surface area contributed by atoms with E-state index in [1.165, 1.54) is 10.8 Å². The lowest BCUT2D eigenvalue weighted by Gasteiger charge is -2.19. The van der Waals surface area contributed by atoms with Crippen molar-refractivity contribution in [3.8, 4) is 0 Å². The van der Waals surface area contributed by atoms with Gasteiger partial charge in [-0.25, -0.2) is 0 Å². The summed E-state index contributed by atoms with van der Waals surface area (Å²) in [6.07, 6.45) is 0. The van der Waals surface area contributed by atoms with E-state index in [1.54, 1.807) is 0 Å². The van der Waals surface area contributed by atoms with Gasteiger partial charge in [-0.3, -0.25) is 0 Å². The van der Waals surface area contributed by atoms with Crippen LogP contribution in [0.1, 0.15) is 6.92 Å². The van der Waals surface area contributed by atoms with Crippen molar-refractivity contribution in [3.63, 3.8) is 0 Å². The number of hydrogen-bond donors (Lipinski definition) is 0. The van der Waals surface area contributed by atoms with Gasteiger partial charge in [0.15, 0.2) is 0 Å². The Labute approximate surface area is 74.1 Å². The summed E-state index contributed by atoms with van der Waals surface area (Å²) in [5.74, 6) is 2.63. The highest BCUT2D eigenvalue weighted by molar-refractivity contribution is 7.56. The van der Waals surface area contributed by atoms with Crippen LogP contribution in [0, 0.1) is 0 Å². The van der Waals surface area contributed by atoms with Gasteiger partial charge >= 0.3 is 13.6 Å². The molecule has 9 heavy (non-hydrogen) atoms. The monoisotopic (exact) mass is 184 g/mol. The Hall–Kier alpha value is 2.09. The zero-order chi connectivity index (χ0) is 6.69. The molecule has 1 rings (SSSR count). The first-order valence-electron chi connectivity index (χ1n) is 3.92. The average molecular weight is 184 g/mol. The lowest BCUT2D eigenvalue weighted by molar-refractivity contribution is 0.417. The molecule has 1 saturated heterocycles. The van der Waals surface area contributed by atoms with Gasteiger partial charge in [0.05, 0.1) is 0 Å². The van der Waals surface area contributed by atoms with E-state index in [2.05, 4.69) is 12.7 Å². The van der Waals surface area contributed by atoms with Crippen LogP contribution < -0.4 is 0 Å². The average Bonchev–Trinajstić information content (AvgIpc) is 1.89. The zero-order valence-electron chi connectivity index (χ0n) is 6.39. The lowest BCUT2D eigenvalue weighted by atomic mass is 11.0. The summed E-state index contributed by atoms with van der Waals surface area (Å²) in [5, 5.41) is 1.54. The van der Waals surface area contributed by atoms with Gasteiger partial charge in [-0.05, 0) is 0 Å². The van der Waals surface area contributed by atoms with E-state index in [0.717, 1.165) is 0 Å². The van der Waals surface area contributed by atoms with E-state index in [0.29, 0.717) is 11.4 Å². The molecule has 1 nitrogen and oxygen atoms in total. The van der Waals surface area contributed by atoms with Crippen molar-refractivity contribution >= 4 is 47.6 Å². The molecule has 0 aromatic heterocycles. The van der Waals surface area contributed by atoms with Crippen LogP contribution in [-0.2, 0) is 3.79 Å². The van der Waals surface area contributed by atoms with Gasteiger partial charge in [0.1, 0.15) is 21.8 Å². The van der Waals surface area contributed by atoms with Crippen LogP contribution in [0.2, 0.25) is 11.1 Å². The van der Waals surface area contributed by atoms with Crippen molar-refractivity contribution in [1.29, 1.82) is 0 Å². The predicted octanol–water partition coefficient (Wildman–Crippen LogP) is -0.527. The van der Waals surface area contributed by atoms with Gasteiger partial charge in [0.2, 0.25) is 12.2 Å². The third kappa shape index (κ3) is 2.90. The molecule has 5 heteroatoms. The van der Waals surface area contributed by atoms with Crippen LogP contribution in [0.3, 0.4) is 0 Å². The molecule has 1 aliphatic rings. The summed E-state index contributed by atoms with van der Waals surface area (Å²) in [5.41, 5.74) is 1.29. The van der Waals surface area contributed by atoms with Crippen molar-refractivity contribution in [1.82, 2.24) is 0 Å². The van der Waals surface area contributed by atoms with Gasteiger partial charge in [0.25, 0.3) is 0 Å². The minimum Gasteiger partial charge on any atom is -0.526 e. The molecule has 0 spiro atoms. The summed E-state index contributed by atoms with van der Waals surface area (Å²) in [7, 11) is 0.00502. The number of rotatable bonds is 1. The van der Waals surface area contributed by atoms with E-state index in [4.69, 9.17) is 3.79 Å². The molecular weight excluding hydrogens is 172 g/mol. The van der Waals surface area contributed by atoms with Gasteiger partial charge in [0, 0.05) is 0 Å². The third-order valence-electron chi connectivity index (χ3n) is 2.38. The Morgan fingerprint density at radius 2 is 2.44 bits per heavy atom. The zero-order valence-corrected chi connectivity index (χ0v) is 11.5. The Morgan fingerprint density at radius 1 is 1.67 bits per heavy atom. The van der Waals surface area contributed by atoms with Crippen molar-refractivity contribution < 1.29 is 3.79 Å². The van der Waals surface area contributed by atoms with Gasteiger partial charge in [-0.15, -0.1) is 11.1 Å². The second-order valence-corrected chi connectivity index (χ2v) is 30.1. The van der Waals surface area contributed by atoms with Crippen molar-refractivity contribution in [2.45, 2.75) is 18.0 Å². The lowest BCUT2D eigenvalue weighted by Crippen LogP contribution is -2.49. The number of hydrogen-bond acceptors (Lipinski definition) is 1. The summed E-state index contributed by atoms with van der Waals surface area (Å²) in [6.45, 7) is 2.38. The second kappa shape index (κ2) is 4.87. The summed E-state index contributed by atoms with van der Waals surface area (Å²) >= 11 is 0.461. The quantitative estimate of drug-likeness (QED) is 0.498. The first kappa shape index (κ1) is 9.18. The fraction of sp³-hybridized carbons (Fsp3) is 1.00. The van der Waals surface area contributed by atoms with Gasteiger partial charge in [-0.2, -0.15) is 0 Å². The predicted molar refractivity (Wildman–Crippen MR) is 48.1 cm³/mol. The van der Waals surface area contributed by atoms with Crippen LogP contribution in [0.25, 0.3) is 0 Å². The normalized spacial score (nSPS) is 18.9. The Morgan fingerprint density at radius 3 is 2.89 bits per heavy atom. The van der Waals surface area contributed by atoms with Crippen LogP contribution >= 0.6 is 0 Å². The molecule has 0 radical (unpaired) electrons. The standard InChI is InChI=1S/C2H5.CH2O.CH3.4Al.2H/c2*1-2;;;;;;;/h1H2,2H3;1H2;1H3;;;;;;/q;-1;;;;;+1;;. The molecular formula is C4H12Al4O. The molecule has 46 valence electrons. The molecule has 0 bridgehead atoms. The molecule has 1 heterocycles. The molecule has 0 aromatic carbocycles. The molecule has 0 unspecified atom stereocenters. The maximum atomic E-state index is 5.64. The van der Waals surface area contributed by atoms with Crippen molar-refractivity contribution in [2.24, 2.45) is 0 Å². The minimum atomic E-state index is -0.186. The second-order valence-electron chi connectivity index (χ2n) is 3.01. The molecule has 0 N–H and O–H groups in total. The van der Waals surface area contributed by atoms with E-state index in [1.807, 2.05) is 0 Å². The molecule has 0 saturated carbocycles. The fourth-order valence-corrected chi connectivity index (χ4v) is 44.6. The largest absolute Gasteiger partial charge is 0.526 e.